The van der Waals surface area contributed by atoms with Crippen LogP contribution in [-0.4, -0.2) is 19.8 Å². The Morgan fingerprint density at radius 3 is 2.50 bits per heavy atom. The molecule has 0 unspecified atom stereocenters. The summed E-state index contributed by atoms with van der Waals surface area (Å²) >= 11 is 0. The van der Waals surface area contributed by atoms with Gasteiger partial charge >= 0.3 is 0 Å². The van der Waals surface area contributed by atoms with Gasteiger partial charge in [0.25, 0.3) is 0 Å². The van der Waals surface area contributed by atoms with Crippen molar-refractivity contribution in [2.45, 2.75) is 39.7 Å². The van der Waals surface area contributed by atoms with Crippen molar-refractivity contribution >= 4 is 0 Å². The Morgan fingerprint density at radius 2 is 1.83 bits per heavy atom. The Labute approximate surface area is 111 Å². The van der Waals surface area contributed by atoms with E-state index in [0.717, 1.165) is 32.7 Å². The van der Waals surface area contributed by atoms with Gasteiger partial charge in [0, 0.05) is 26.3 Å². The van der Waals surface area contributed by atoms with E-state index >= 15 is 0 Å². The Morgan fingerprint density at radius 1 is 1.17 bits per heavy atom. The number of ether oxygens (including phenoxy) is 1. The van der Waals surface area contributed by atoms with E-state index in [-0.39, 0.29) is 0 Å². The summed E-state index contributed by atoms with van der Waals surface area (Å²) in [7, 11) is 0. The first-order valence-corrected chi connectivity index (χ1v) is 7.09. The van der Waals surface area contributed by atoms with Crippen LogP contribution in [0.2, 0.25) is 0 Å². The highest BCUT2D eigenvalue weighted by molar-refractivity contribution is 5.26. The fraction of sp³-hybridized carbons (Fsp3) is 0.625. The van der Waals surface area contributed by atoms with E-state index in [1.807, 2.05) is 0 Å². The predicted octanol–water partition coefficient (Wildman–Crippen LogP) is 3.16. The molecule has 0 amide bonds. The molecule has 1 aromatic rings. The fourth-order valence-electron chi connectivity index (χ4n) is 2.61. The van der Waals surface area contributed by atoms with Crippen molar-refractivity contribution < 1.29 is 4.74 Å². The van der Waals surface area contributed by atoms with Crippen LogP contribution < -0.4 is 5.32 Å². The van der Waals surface area contributed by atoms with Gasteiger partial charge in [-0.2, -0.15) is 0 Å². The Balaban J connectivity index is 1.84. The molecule has 1 saturated heterocycles. The zero-order chi connectivity index (χ0) is 12.8. The molecule has 1 fully saturated rings. The van der Waals surface area contributed by atoms with Crippen LogP contribution in [0.1, 0.15) is 37.8 Å². The molecule has 2 heteroatoms. The summed E-state index contributed by atoms with van der Waals surface area (Å²) < 4.78 is 5.44. The van der Waals surface area contributed by atoms with Crippen LogP contribution in [0.3, 0.4) is 0 Å². The quantitative estimate of drug-likeness (QED) is 0.863. The van der Waals surface area contributed by atoms with E-state index in [1.165, 1.54) is 24.0 Å². The number of hydrogen-bond donors (Lipinski definition) is 1. The van der Waals surface area contributed by atoms with E-state index in [4.69, 9.17) is 4.74 Å². The molecule has 0 atom stereocenters. The molecule has 2 nitrogen and oxygen atoms in total. The van der Waals surface area contributed by atoms with Crippen molar-refractivity contribution in [3.8, 4) is 0 Å². The molecule has 2 rings (SSSR count). The molecule has 1 aliphatic rings. The number of hydrogen-bond acceptors (Lipinski definition) is 2. The predicted molar refractivity (Wildman–Crippen MR) is 75.7 cm³/mol. The lowest BCUT2D eigenvalue weighted by molar-refractivity contribution is 0.0240. The van der Waals surface area contributed by atoms with E-state index in [0.29, 0.717) is 5.41 Å². The molecular formula is C16H25NO. The lowest BCUT2D eigenvalue weighted by Gasteiger charge is -2.33. The highest BCUT2D eigenvalue weighted by atomic mass is 16.5. The minimum Gasteiger partial charge on any atom is -0.381 e. The van der Waals surface area contributed by atoms with Gasteiger partial charge in [-0.25, -0.2) is 0 Å². The maximum atomic E-state index is 5.44. The van der Waals surface area contributed by atoms with Crippen molar-refractivity contribution in [3.05, 3.63) is 35.4 Å². The summed E-state index contributed by atoms with van der Waals surface area (Å²) in [6.07, 6.45) is 3.47. The first kappa shape index (κ1) is 13.6. The van der Waals surface area contributed by atoms with Crippen LogP contribution in [0, 0.1) is 5.41 Å². The number of nitrogens with one attached hydrogen (secondary N) is 1. The van der Waals surface area contributed by atoms with Gasteiger partial charge in [0.1, 0.15) is 0 Å². The van der Waals surface area contributed by atoms with Gasteiger partial charge < -0.3 is 10.1 Å². The minimum absolute atomic E-state index is 0.416. The Bertz CT molecular complexity index is 369. The third kappa shape index (κ3) is 3.56. The van der Waals surface area contributed by atoms with Crippen molar-refractivity contribution in [1.29, 1.82) is 0 Å². The summed E-state index contributed by atoms with van der Waals surface area (Å²) in [6.45, 7) is 8.51. The van der Waals surface area contributed by atoms with Crippen molar-refractivity contribution in [3.63, 3.8) is 0 Å². The summed E-state index contributed by atoms with van der Waals surface area (Å²) in [5.74, 6) is 0. The lowest BCUT2D eigenvalue weighted by Crippen LogP contribution is -2.36. The minimum atomic E-state index is 0.416. The van der Waals surface area contributed by atoms with E-state index < -0.39 is 0 Å². The Hall–Kier alpha value is -0.860. The molecule has 100 valence electrons. The molecule has 1 aromatic carbocycles. The average molecular weight is 247 g/mol. The van der Waals surface area contributed by atoms with Crippen molar-refractivity contribution in [2.24, 2.45) is 5.41 Å². The highest BCUT2D eigenvalue weighted by Gasteiger charge is 2.26. The van der Waals surface area contributed by atoms with Gasteiger partial charge in [0.15, 0.2) is 0 Å². The monoisotopic (exact) mass is 247 g/mol. The fourth-order valence-corrected chi connectivity index (χ4v) is 2.61. The van der Waals surface area contributed by atoms with Crippen LogP contribution in [0.5, 0.6) is 0 Å². The molecular weight excluding hydrogens is 222 g/mol. The largest absolute Gasteiger partial charge is 0.381 e. The number of rotatable bonds is 5. The molecule has 0 radical (unpaired) electrons. The average Bonchev–Trinajstić information content (AvgIpc) is 2.40. The zero-order valence-electron chi connectivity index (χ0n) is 11.7. The Kier molecular flexibility index (Phi) is 4.79. The summed E-state index contributed by atoms with van der Waals surface area (Å²) in [5, 5.41) is 3.63. The molecule has 1 N–H and O–H groups in total. The molecule has 0 saturated carbocycles. The molecule has 0 aromatic heterocycles. The smallest absolute Gasteiger partial charge is 0.0471 e. The second-order valence-corrected chi connectivity index (χ2v) is 5.65. The first-order valence-electron chi connectivity index (χ1n) is 7.09. The van der Waals surface area contributed by atoms with Gasteiger partial charge in [-0.15, -0.1) is 0 Å². The van der Waals surface area contributed by atoms with Crippen molar-refractivity contribution in [2.75, 3.05) is 19.8 Å². The highest BCUT2D eigenvalue weighted by Crippen LogP contribution is 2.28. The van der Waals surface area contributed by atoms with Crippen LogP contribution in [0.4, 0.5) is 0 Å². The maximum Gasteiger partial charge on any atom is 0.0471 e. The number of aryl methyl sites for hydroxylation is 1. The van der Waals surface area contributed by atoms with Gasteiger partial charge in [-0.3, -0.25) is 0 Å². The second-order valence-electron chi connectivity index (χ2n) is 5.65. The summed E-state index contributed by atoms with van der Waals surface area (Å²) in [5.41, 5.74) is 3.32. The number of benzene rings is 1. The van der Waals surface area contributed by atoms with Gasteiger partial charge in [-0.1, -0.05) is 38.1 Å². The first-order chi connectivity index (χ1) is 8.73. The molecule has 0 bridgehead atoms. The van der Waals surface area contributed by atoms with Crippen LogP contribution in [-0.2, 0) is 17.7 Å². The molecule has 1 aliphatic heterocycles. The summed E-state index contributed by atoms with van der Waals surface area (Å²) in [4.78, 5) is 0. The SMILES string of the molecule is CCc1ccccc1CNCC1(C)CCOCC1. The lowest BCUT2D eigenvalue weighted by atomic mass is 9.82. The zero-order valence-corrected chi connectivity index (χ0v) is 11.7. The molecule has 18 heavy (non-hydrogen) atoms. The maximum absolute atomic E-state index is 5.44. The molecule has 0 spiro atoms. The standard InChI is InChI=1S/C16H25NO/c1-3-14-6-4-5-7-15(14)12-17-13-16(2)8-10-18-11-9-16/h4-7,17H,3,8-13H2,1-2H3. The molecule has 0 aliphatic carbocycles. The van der Waals surface area contributed by atoms with Crippen molar-refractivity contribution in [1.82, 2.24) is 5.32 Å². The van der Waals surface area contributed by atoms with E-state index in [9.17, 15) is 0 Å². The van der Waals surface area contributed by atoms with Gasteiger partial charge in [-0.05, 0) is 35.8 Å². The van der Waals surface area contributed by atoms with Crippen LogP contribution in [0.25, 0.3) is 0 Å². The third-order valence-electron chi connectivity index (χ3n) is 4.07. The molecule has 1 heterocycles. The topological polar surface area (TPSA) is 21.3 Å². The van der Waals surface area contributed by atoms with Gasteiger partial charge in [0.2, 0.25) is 0 Å². The third-order valence-corrected chi connectivity index (χ3v) is 4.07. The van der Waals surface area contributed by atoms with E-state index in [2.05, 4.69) is 43.4 Å². The van der Waals surface area contributed by atoms with Crippen LogP contribution >= 0.6 is 0 Å². The van der Waals surface area contributed by atoms with Gasteiger partial charge in [0.05, 0.1) is 0 Å². The van der Waals surface area contributed by atoms with Crippen LogP contribution in [0.15, 0.2) is 24.3 Å². The normalized spacial score (nSPS) is 18.8. The second kappa shape index (κ2) is 6.35. The summed E-state index contributed by atoms with van der Waals surface area (Å²) in [6, 6.07) is 8.72. The van der Waals surface area contributed by atoms with E-state index in [1.54, 1.807) is 0 Å².